The number of thiazole rings is 1. The van der Waals surface area contributed by atoms with Crippen LogP contribution in [-0.4, -0.2) is 75.9 Å². The second kappa shape index (κ2) is 10.2. The van der Waals surface area contributed by atoms with E-state index in [4.69, 9.17) is 15.7 Å². The van der Waals surface area contributed by atoms with Crippen LogP contribution in [-0.2, 0) is 42.8 Å². The largest absolute Gasteiger partial charge is 0.477 e. The molecule has 5 rings (SSSR count). The number of carbonyl (C=O) groups excluding carboxylic acids is 2. The number of nitrogens with one attached hydrogen (secondary N) is 1. The molecule has 1 saturated heterocycles. The number of oxime groups is 1. The second-order valence-corrected chi connectivity index (χ2v) is 12.4. The molecule has 18 heteroatoms. The van der Waals surface area contributed by atoms with Crippen LogP contribution >= 0.6 is 23.1 Å². The number of nitrogens with two attached hydrogens (primary N) is 2. The molecule has 0 unspecified atom stereocenters. The number of aromatic nitrogens is 3. The summed E-state index contributed by atoms with van der Waals surface area (Å²) in [5.41, 5.74) is 6.66. The first-order valence-corrected chi connectivity index (χ1v) is 14.9. The predicted molar refractivity (Wildman–Crippen MR) is 144 cm³/mol. The van der Waals surface area contributed by atoms with Crippen molar-refractivity contribution in [3.63, 3.8) is 0 Å². The maximum absolute atomic E-state index is 13.1. The number of carboxylic acid groups (broad SMARTS) is 1. The molecule has 3 aromatic rings. The number of anilines is 1. The van der Waals surface area contributed by atoms with Gasteiger partial charge in [0.1, 0.15) is 35.4 Å². The van der Waals surface area contributed by atoms with Crippen molar-refractivity contribution in [1.29, 1.82) is 0 Å². The number of aliphatic carboxylic acids is 1. The smallest absolute Gasteiger partial charge is 0.352 e. The Morgan fingerprint density at radius 1 is 1.38 bits per heavy atom. The molecule has 2 aliphatic rings. The number of carboxylic acids is 1. The quantitative estimate of drug-likeness (QED) is 0.105. The van der Waals surface area contributed by atoms with E-state index in [0.29, 0.717) is 16.5 Å². The van der Waals surface area contributed by atoms with Gasteiger partial charge in [0.15, 0.2) is 17.4 Å². The number of β-lactam (4-membered cyclic amide) rings is 1. The van der Waals surface area contributed by atoms with Gasteiger partial charge in [0.25, 0.3) is 11.8 Å². The summed E-state index contributed by atoms with van der Waals surface area (Å²) in [6, 6.07) is 3.45. The van der Waals surface area contributed by atoms with Gasteiger partial charge >= 0.3 is 5.97 Å². The van der Waals surface area contributed by atoms with Gasteiger partial charge in [-0.1, -0.05) is 5.16 Å². The molecule has 0 radical (unpaired) electrons. The highest BCUT2D eigenvalue weighted by molar-refractivity contribution is 8.00. The van der Waals surface area contributed by atoms with Gasteiger partial charge in [0, 0.05) is 16.7 Å². The molecule has 0 spiro atoms. The van der Waals surface area contributed by atoms with Crippen molar-refractivity contribution < 1.29 is 37.4 Å². The molecule has 0 aliphatic carbocycles. The van der Waals surface area contributed by atoms with Gasteiger partial charge in [-0.2, -0.15) is 4.68 Å². The molecule has 4 heterocycles. The first-order valence-electron chi connectivity index (χ1n) is 11.5. The van der Waals surface area contributed by atoms with Crippen LogP contribution in [0.25, 0.3) is 10.9 Å². The molecule has 2 amide bonds. The van der Waals surface area contributed by atoms with Crippen molar-refractivity contribution in [1.82, 2.24) is 19.9 Å². The second-order valence-electron chi connectivity index (χ2n) is 8.83. The van der Waals surface area contributed by atoms with Crippen LogP contribution in [0.15, 0.2) is 51.1 Å². The van der Waals surface area contributed by atoms with Crippen LogP contribution in [0.4, 0.5) is 5.13 Å². The zero-order valence-corrected chi connectivity index (χ0v) is 23.4. The first kappa shape index (κ1) is 27.6. The van der Waals surface area contributed by atoms with E-state index in [1.807, 2.05) is 0 Å². The van der Waals surface area contributed by atoms with Crippen LogP contribution in [0.5, 0.6) is 0 Å². The average Bonchev–Trinajstić information content (AvgIpc) is 3.46. The Morgan fingerprint density at radius 3 is 2.75 bits per heavy atom. The maximum atomic E-state index is 13.1. The van der Waals surface area contributed by atoms with Gasteiger partial charge in [0.05, 0.1) is 17.3 Å². The van der Waals surface area contributed by atoms with Crippen LogP contribution in [0.3, 0.4) is 0 Å². The van der Waals surface area contributed by atoms with Crippen molar-refractivity contribution in [2.75, 3.05) is 18.6 Å². The van der Waals surface area contributed by atoms with Crippen molar-refractivity contribution in [3.05, 3.63) is 46.7 Å². The third-order valence-corrected chi connectivity index (χ3v) is 9.33. The van der Waals surface area contributed by atoms with Gasteiger partial charge in [-0.3, -0.25) is 14.5 Å². The van der Waals surface area contributed by atoms with Gasteiger partial charge in [-0.15, -0.1) is 27.8 Å². The molecule has 40 heavy (non-hydrogen) atoms. The lowest BCUT2D eigenvalue weighted by atomic mass is 10.0. The number of aryl methyl sites for hydroxylation is 1. The molecule has 2 atom stereocenters. The van der Waals surface area contributed by atoms with Crippen molar-refractivity contribution >= 4 is 72.7 Å². The Labute approximate surface area is 235 Å². The van der Waals surface area contributed by atoms with E-state index >= 15 is 0 Å². The van der Waals surface area contributed by atoms with E-state index in [9.17, 15) is 27.9 Å². The number of benzene rings is 1. The standard InChI is InChI=1S/C22H22N8O7S3/c1-28-14-4-3-12(40(24,35)36)5-10(14)6-29(28)7-11-8-38-20-16(19(32)30(20)17(11)21(33)34)26-18(31)15(27-37-2)13-9-39-22(23)25-13/h3-6,9,16,20H,7-8H2,1-2H3,(H5-,23,24,25,26,31,33,34,35,36)/p+1/b27-15-/t16-,20-/m1/s1. The van der Waals surface area contributed by atoms with Gasteiger partial charge in [-0.25, -0.2) is 23.3 Å². The molecular formula is C22H23N8O7S3+. The monoisotopic (exact) mass is 607 g/mol. The summed E-state index contributed by atoms with van der Waals surface area (Å²) >= 11 is 2.41. The highest BCUT2D eigenvalue weighted by Crippen LogP contribution is 2.40. The third-order valence-electron chi connectivity index (χ3n) is 6.40. The van der Waals surface area contributed by atoms with E-state index < -0.39 is 39.2 Å². The average molecular weight is 608 g/mol. The Balaban J connectivity index is 1.39. The summed E-state index contributed by atoms with van der Waals surface area (Å²) < 4.78 is 27.0. The molecule has 1 fully saturated rings. The lowest BCUT2D eigenvalue weighted by molar-refractivity contribution is -0.764. The number of hydrogen-bond donors (Lipinski definition) is 4. The van der Waals surface area contributed by atoms with Crippen LogP contribution in [0.2, 0.25) is 0 Å². The number of primary sulfonamides is 1. The number of sulfonamides is 1. The SMILES string of the molecule is CO/N=C(\C(=O)N[C@@H]1C(=O)N2C(C(=O)O)=C(C[n+]3cc4cc(S(N)(=O)=O)ccc4n3C)CS[C@H]12)c1csc(N)n1. The molecule has 2 aromatic heterocycles. The van der Waals surface area contributed by atoms with E-state index in [2.05, 4.69) is 15.5 Å². The number of hydrogen-bond acceptors (Lipinski definition) is 11. The number of thioether (sulfide) groups is 1. The van der Waals surface area contributed by atoms with Gasteiger partial charge in [-0.05, 0) is 18.2 Å². The Morgan fingerprint density at radius 2 is 2.12 bits per heavy atom. The highest BCUT2D eigenvalue weighted by atomic mass is 32.2. The molecule has 1 aromatic carbocycles. The normalized spacial score (nSPS) is 19.4. The zero-order chi connectivity index (χ0) is 28.9. The summed E-state index contributed by atoms with van der Waals surface area (Å²) in [5, 5.41) is 23.3. The lowest BCUT2D eigenvalue weighted by Crippen LogP contribution is -2.71. The fourth-order valence-corrected chi connectivity index (χ4v) is 6.98. The molecular weight excluding hydrogens is 584 g/mol. The predicted octanol–water partition coefficient (Wildman–Crippen LogP) is -1.06. The van der Waals surface area contributed by atoms with Crippen LogP contribution < -0.4 is 20.9 Å². The fourth-order valence-electron chi connectivity index (χ4n) is 4.55. The fraction of sp³-hybridized carbons (Fsp3) is 0.273. The summed E-state index contributed by atoms with van der Waals surface area (Å²) in [6.07, 6.45) is 1.68. The maximum Gasteiger partial charge on any atom is 0.352 e. The number of nitrogens with zero attached hydrogens (tertiary/aromatic N) is 5. The third kappa shape index (κ3) is 4.78. The minimum Gasteiger partial charge on any atom is -0.477 e. The highest BCUT2D eigenvalue weighted by Gasteiger charge is 2.55. The minimum atomic E-state index is -3.90. The summed E-state index contributed by atoms with van der Waals surface area (Å²) in [4.78, 5) is 48.3. The Kier molecular flexibility index (Phi) is 7.02. The molecule has 210 valence electrons. The van der Waals surface area contributed by atoms with Gasteiger partial charge < -0.3 is 21.0 Å². The molecule has 0 saturated carbocycles. The topological polar surface area (TPSA) is 216 Å². The van der Waals surface area contributed by atoms with Crippen molar-refractivity contribution in [2.45, 2.75) is 22.9 Å². The van der Waals surface area contributed by atoms with Gasteiger partial charge in [0.2, 0.25) is 16.2 Å². The Bertz CT molecular complexity index is 1740. The van der Waals surface area contributed by atoms with Crippen molar-refractivity contribution in [2.24, 2.45) is 17.3 Å². The van der Waals surface area contributed by atoms with E-state index in [0.717, 1.165) is 16.2 Å². The number of nitrogen functional groups attached to an aromatic ring is 1. The van der Waals surface area contributed by atoms with E-state index in [-0.39, 0.29) is 39.4 Å². The first-order chi connectivity index (χ1) is 18.9. The number of fused-ring (bicyclic) bond motifs is 2. The Hall–Kier alpha value is -4.00. The minimum absolute atomic E-state index is 0.0459. The summed E-state index contributed by atoms with van der Waals surface area (Å²) in [6.45, 7) is 0.119. The molecule has 6 N–H and O–H groups in total. The van der Waals surface area contributed by atoms with E-state index in [1.165, 1.54) is 36.4 Å². The molecule has 15 nitrogen and oxygen atoms in total. The van der Waals surface area contributed by atoms with Crippen LogP contribution in [0.1, 0.15) is 5.69 Å². The lowest BCUT2D eigenvalue weighted by Gasteiger charge is -2.49. The van der Waals surface area contributed by atoms with Crippen LogP contribution in [0, 0.1) is 0 Å². The number of rotatable bonds is 8. The molecule has 0 bridgehead atoms. The number of carbonyl (C=O) groups is 3. The zero-order valence-electron chi connectivity index (χ0n) is 21.0. The van der Waals surface area contributed by atoms with Crippen molar-refractivity contribution in [3.8, 4) is 0 Å². The van der Waals surface area contributed by atoms with E-state index in [1.54, 1.807) is 28.7 Å². The summed E-state index contributed by atoms with van der Waals surface area (Å²) in [7, 11) is -0.898. The number of amides is 2. The summed E-state index contributed by atoms with van der Waals surface area (Å²) in [5.74, 6) is -2.33. The molecule has 2 aliphatic heterocycles.